The van der Waals surface area contributed by atoms with Gasteiger partial charge in [-0.15, -0.1) is 32.1 Å². The van der Waals surface area contributed by atoms with Crippen molar-refractivity contribution in [2.45, 2.75) is 106 Å². The number of aryl methyl sites for hydroxylation is 3. The van der Waals surface area contributed by atoms with Gasteiger partial charge in [0.15, 0.2) is 57.6 Å². The molecule has 5 aliphatic heterocycles. The van der Waals surface area contributed by atoms with Crippen molar-refractivity contribution in [3.63, 3.8) is 0 Å². The van der Waals surface area contributed by atoms with E-state index in [0.717, 1.165) is 152 Å². The van der Waals surface area contributed by atoms with Crippen molar-refractivity contribution in [2.24, 2.45) is 25.0 Å². The summed E-state index contributed by atoms with van der Waals surface area (Å²) in [6.45, 7) is 15.8. The standard InChI is InChI=1S/C24H19N5O.C23H16FN5O.C23H18N6O.C23H17N5O.C22H15N5O/c1-4-16-10-11-19-18(12-16)21(17-8-6-5-7-9-17)25-13-20-22(26-14-29(19)20)24-27-23(15(2)3)28-30-24;1-3-14-9-10-18-16(11-14)21(15-7-5-6-8-17(15)24)25-12-19-22(26-13-29(18)19)23-27-20(4-2)28-30-23;1-4-15-8-9-18-16(11-15)20(17-7-5-6-10-24-17)25-12-19-21(26-13-29(18)19)23-27-22(14(2)3)28-30-23;1-3-15-10-11-18-17(12-15)21(16-8-6-5-7-9-16)24-13-19-22(25-14-28(18)19)23-26-20(4-2)27-29-23;1-3-15-9-10-18-17(11-15)20(16-7-5-4-6-8-16)23-12-19-21(24-13-27(18)19)22-25-14(2)26-28-22/h1,5-12,14-15H,13H2,2-3H3;1,5-11,13H,4,12H2,2H3;1,5-11,13-14H,12H2,2-3H3;1,5-12,14H,4,13H2,2H3;1,4-11,13H,12H2,2H3. The summed E-state index contributed by atoms with van der Waals surface area (Å²) in [5.74, 6) is 18.6. The molecular weight excluding hydrogens is 1840 g/mol. The molecule has 31 nitrogen and oxygen atoms in total. The number of aliphatic imine (C=N–C) groups is 5. The SMILES string of the molecule is C#Cc1ccc2c(c1)C(c1ccccc1)=NCc1c(-c3nc(C(C)C)no3)ncn1-2.C#Cc1ccc2c(c1)C(c1ccccc1)=NCc1c(-c3nc(C)no3)ncn1-2.C#Cc1ccc2c(c1)C(c1ccccc1)=NCc1c(-c3nc(CC)no3)ncn1-2.C#Cc1ccc2c(c1)C(c1ccccc1F)=NCc1c(-c3nc(CC)no3)ncn1-2.C#Cc1ccc2c(c1)C(c1ccccn1)=NCc1c(-c3nc(C(C)C)no3)ncn1-2. The fourth-order valence-corrected chi connectivity index (χ4v) is 17.5. The normalized spacial score (nSPS) is 12.6. The lowest BCUT2D eigenvalue weighted by atomic mass is 9.98. The van der Waals surface area contributed by atoms with Crippen LogP contribution in [0.3, 0.4) is 0 Å². The quantitative estimate of drug-likeness (QED) is 0.0912. The molecule has 147 heavy (non-hydrogen) atoms. The van der Waals surface area contributed by atoms with Crippen LogP contribution in [0.15, 0.2) is 310 Å². The minimum Gasteiger partial charge on any atom is -0.332 e. The van der Waals surface area contributed by atoms with Crippen LogP contribution in [0, 0.1) is 74.5 Å². The van der Waals surface area contributed by atoms with Gasteiger partial charge in [0, 0.05) is 109 Å². The van der Waals surface area contributed by atoms with Crippen LogP contribution in [0.25, 0.3) is 86.4 Å². The van der Waals surface area contributed by atoms with Crippen molar-refractivity contribution in [3.8, 4) is 148 Å². The van der Waals surface area contributed by atoms with Gasteiger partial charge in [-0.05, 0) is 122 Å². The van der Waals surface area contributed by atoms with Crippen molar-refractivity contribution in [2.75, 3.05) is 0 Å². The Labute approximate surface area is 842 Å². The van der Waals surface area contributed by atoms with Crippen molar-refractivity contribution >= 4 is 28.6 Å². The van der Waals surface area contributed by atoms with Gasteiger partial charge in [0.2, 0.25) is 0 Å². The maximum absolute atomic E-state index is 14.7. The zero-order valence-corrected chi connectivity index (χ0v) is 80.4. The minimum atomic E-state index is -0.345. The lowest BCUT2D eigenvalue weighted by molar-refractivity contribution is 0.417. The number of pyridine rings is 1. The molecule has 32 heteroatoms. The van der Waals surface area contributed by atoms with Gasteiger partial charge in [-0.2, -0.15) is 24.9 Å². The maximum Gasteiger partial charge on any atom is 0.278 e. The van der Waals surface area contributed by atoms with E-state index in [-0.39, 0.29) is 24.2 Å². The Morgan fingerprint density at radius 1 is 0.306 bits per heavy atom. The Kier molecular flexibility index (Phi) is 25.8. The third kappa shape index (κ3) is 18.3. The molecule has 0 bridgehead atoms. The van der Waals surface area contributed by atoms with E-state index in [4.69, 9.17) is 79.7 Å². The lowest BCUT2D eigenvalue weighted by Crippen LogP contribution is -2.09. The highest BCUT2D eigenvalue weighted by Crippen LogP contribution is 2.40. The van der Waals surface area contributed by atoms with E-state index in [0.29, 0.717) is 143 Å². The highest BCUT2D eigenvalue weighted by Gasteiger charge is 2.34. The van der Waals surface area contributed by atoms with Crippen molar-refractivity contribution in [1.82, 2.24) is 103 Å². The van der Waals surface area contributed by atoms with Crippen LogP contribution >= 0.6 is 0 Å². The fourth-order valence-electron chi connectivity index (χ4n) is 17.5. The van der Waals surface area contributed by atoms with E-state index in [9.17, 15) is 4.39 Å². The fraction of sp³-hybridized carbons (Fsp3) is 0.139. The number of hydrogen-bond acceptors (Lipinski definition) is 26. The first-order valence-electron chi connectivity index (χ1n) is 47.1. The largest absolute Gasteiger partial charge is 0.332 e. The number of aromatic nitrogens is 21. The number of halogens is 1. The number of nitrogens with zero attached hydrogens (tertiary/aromatic N) is 26. The van der Waals surface area contributed by atoms with E-state index in [2.05, 4.69) is 134 Å². The average molecular weight is 1930 g/mol. The second-order valence-electron chi connectivity index (χ2n) is 34.7. The average Bonchev–Trinajstić information content (AvgIpc) is 1.28. The first-order valence-corrected chi connectivity index (χ1v) is 47.1. The molecule has 0 radical (unpaired) electrons. The summed E-state index contributed by atoms with van der Waals surface area (Å²) in [6, 6.07) is 71.9. The molecule has 0 atom stereocenters. The van der Waals surface area contributed by atoms with Gasteiger partial charge < -0.3 is 22.6 Å². The molecule has 9 aromatic carbocycles. The van der Waals surface area contributed by atoms with Gasteiger partial charge in [0.25, 0.3) is 29.5 Å². The molecule has 0 spiro atoms. The lowest BCUT2D eigenvalue weighted by Gasteiger charge is -2.12. The highest BCUT2D eigenvalue weighted by molar-refractivity contribution is 6.18. The maximum atomic E-state index is 14.7. The number of hydrogen-bond donors (Lipinski definition) is 0. The smallest absolute Gasteiger partial charge is 0.278 e. The summed E-state index contributed by atoms with van der Waals surface area (Å²) in [6.07, 6.45) is 40.1. The first-order chi connectivity index (χ1) is 72.0. The van der Waals surface area contributed by atoms with Crippen molar-refractivity contribution in [1.29, 1.82) is 0 Å². The Bertz CT molecular complexity index is 8650. The van der Waals surface area contributed by atoms with E-state index < -0.39 is 0 Å². The van der Waals surface area contributed by atoms with Crippen molar-refractivity contribution in [3.05, 3.63) is 409 Å². The van der Waals surface area contributed by atoms with Crippen molar-refractivity contribution < 1.29 is 27.0 Å². The Morgan fingerprint density at radius 3 is 0.898 bits per heavy atom. The molecule has 16 heterocycles. The summed E-state index contributed by atoms with van der Waals surface area (Å²) in [4.78, 5) is 73.8. The van der Waals surface area contributed by atoms with Gasteiger partial charge in [-0.1, -0.05) is 206 Å². The predicted octanol–water partition coefficient (Wildman–Crippen LogP) is 19.5. The molecule has 712 valence electrons. The minimum absolute atomic E-state index is 0.167. The van der Waals surface area contributed by atoms with Gasteiger partial charge in [-0.25, -0.2) is 29.3 Å². The third-order valence-corrected chi connectivity index (χ3v) is 24.9. The van der Waals surface area contributed by atoms with Gasteiger partial charge >= 0.3 is 0 Å². The summed E-state index contributed by atoms with van der Waals surface area (Å²) >= 11 is 0. The van der Waals surface area contributed by atoms with Gasteiger partial charge in [0.1, 0.15) is 37.5 Å². The Balaban J connectivity index is 0.000000108. The molecule has 0 fully saturated rings. The molecule has 0 unspecified atom stereocenters. The summed E-state index contributed by atoms with van der Waals surface area (Å²) in [7, 11) is 0. The van der Waals surface area contributed by atoms with E-state index >= 15 is 0 Å². The van der Waals surface area contributed by atoms with Crippen LogP contribution in [-0.2, 0) is 45.6 Å². The summed E-state index contributed by atoms with van der Waals surface area (Å²) in [5.41, 5.74) is 28.8. The highest BCUT2D eigenvalue weighted by atomic mass is 19.1. The molecular formula is C115H85FN26O5. The molecule has 20 aromatic rings. The van der Waals surface area contributed by atoms with Gasteiger partial charge in [-0.3, -0.25) is 52.8 Å². The summed E-state index contributed by atoms with van der Waals surface area (Å²) in [5, 5.41) is 20.0. The monoisotopic (exact) mass is 1930 g/mol. The molecule has 0 aliphatic carbocycles. The molecule has 11 aromatic heterocycles. The van der Waals surface area contributed by atoms with Crippen LogP contribution in [0.2, 0.25) is 0 Å². The van der Waals surface area contributed by atoms with Crippen LogP contribution < -0.4 is 0 Å². The second-order valence-corrected chi connectivity index (χ2v) is 34.7. The van der Waals surface area contributed by atoms with E-state index in [1.165, 1.54) is 6.07 Å². The van der Waals surface area contributed by atoms with Crippen LogP contribution in [0.4, 0.5) is 4.39 Å². The molecule has 0 saturated carbocycles. The zero-order chi connectivity index (χ0) is 101. The number of fused-ring (bicyclic) bond motifs is 15. The molecule has 0 saturated heterocycles. The van der Waals surface area contributed by atoms with Gasteiger partial charge in [0.05, 0.1) is 124 Å². The van der Waals surface area contributed by atoms with E-state index in [1.54, 1.807) is 63.0 Å². The molecule has 25 rings (SSSR count). The second kappa shape index (κ2) is 40.7. The Morgan fingerprint density at radius 2 is 0.599 bits per heavy atom. The predicted molar refractivity (Wildman–Crippen MR) is 552 cm³/mol. The van der Waals surface area contributed by atoms with Crippen LogP contribution in [-0.4, -0.2) is 132 Å². The summed E-state index contributed by atoms with van der Waals surface area (Å²) < 4.78 is 51.8. The number of benzene rings is 9. The number of terminal acetylenes is 5. The zero-order valence-electron chi connectivity index (χ0n) is 80.4. The topological polar surface area (TPSA) is 358 Å². The molecule has 5 aliphatic rings. The molecule has 0 N–H and O–H groups in total. The van der Waals surface area contributed by atoms with E-state index in [1.807, 2.05) is 240 Å². The Hall–Kier alpha value is -20.0. The third-order valence-electron chi connectivity index (χ3n) is 24.9. The van der Waals surface area contributed by atoms with Crippen LogP contribution in [0.1, 0.15) is 195 Å². The molecule has 0 amide bonds. The number of rotatable bonds is 14. The first kappa shape index (κ1) is 93.3. The number of imidazole rings is 5. The van der Waals surface area contributed by atoms with Crippen LogP contribution in [0.5, 0.6) is 0 Å².